The van der Waals surface area contributed by atoms with E-state index in [1.165, 1.54) is 6.07 Å². The lowest BCUT2D eigenvalue weighted by Gasteiger charge is -2.09. The van der Waals surface area contributed by atoms with Gasteiger partial charge in [-0.2, -0.15) is 0 Å². The maximum absolute atomic E-state index is 12.9. The van der Waals surface area contributed by atoms with Crippen molar-refractivity contribution in [2.75, 3.05) is 23.7 Å². The van der Waals surface area contributed by atoms with Crippen LogP contribution in [0.4, 0.5) is 15.8 Å². The summed E-state index contributed by atoms with van der Waals surface area (Å²) in [6.45, 7) is 1.51. The molecule has 0 amide bonds. The molecule has 2 rings (SSSR count). The van der Waals surface area contributed by atoms with Crippen LogP contribution in [0.25, 0.3) is 0 Å². The standard InChI is InChI=1S/C14H14ClFN2/c15-13-10-12(6-7-14(13)16)18-9-8-17-11-4-2-1-3-5-11/h1-7,10,17-18H,8-9H2. The number of hydrogen-bond acceptors (Lipinski definition) is 2. The Morgan fingerprint density at radius 3 is 2.22 bits per heavy atom. The minimum absolute atomic E-state index is 0.135. The van der Waals surface area contributed by atoms with Crippen LogP contribution in [0, 0.1) is 5.82 Å². The molecule has 0 aromatic heterocycles. The maximum Gasteiger partial charge on any atom is 0.141 e. The van der Waals surface area contributed by atoms with Crippen molar-refractivity contribution in [3.05, 3.63) is 59.4 Å². The van der Waals surface area contributed by atoms with Crippen LogP contribution in [-0.4, -0.2) is 13.1 Å². The summed E-state index contributed by atoms with van der Waals surface area (Å²) in [5.74, 6) is -0.398. The molecule has 2 aromatic rings. The highest BCUT2D eigenvalue weighted by atomic mass is 35.5. The zero-order chi connectivity index (χ0) is 12.8. The van der Waals surface area contributed by atoms with Crippen molar-refractivity contribution in [2.24, 2.45) is 0 Å². The van der Waals surface area contributed by atoms with Gasteiger partial charge in [-0.15, -0.1) is 0 Å². The van der Waals surface area contributed by atoms with E-state index in [9.17, 15) is 4.39 Å². The molecular weight excluding hydrogens is 251 g/mol. The number of hydrogen-bond donors (Lipinski definition) is 2. The fourth-order valence-electron chi connectivity index (χ4n) is 1.58. The van der Waals surface area contributed by atoms with Crippen molar-refractivity contribution in [2.45, 2.75) is 0 Å². The molecule has 2 N–H and O–H groups in total. The Morgan fingerprint density at radius 1 is 0.889 bits per heavy atom. The zero-order valence-corrected chi connectivity index (χ0v) is 10.5. The number of rotatable bonds is 5. The summed E-state index contributed by atoms with van der Waals surface area (Å²) in [6.07, 6.45) is 0. The van der Waals surface area contributed by atoms with Gasteiger partial charge in [0, 0.05) is 24.5 Å². The topological polar surface area (TPSA) is 24.1 Å². The third-order valence-electron chi connectivity index (χ3n) is 2.48. The van der Waals surface area contributed by atoms with Crippen LogP contribution < -0.4 is 10.6 Å². The first-order chi connectivity index (χ1) is 8.75. The molecule has 0 aliphatic heterocycles. The van der Waals surface area contributed by atoms with Crippen LogP contribution in [0.3, 0.4) is 0 Å². The fourth-order valence-corrected chi connectivity index (χ4v) is 1.76. The van der Waals surface area contributed by atoms with E-state index < -0.39 is 5.82 Å². The van der Waals surface area contributed by atoms with Crippen LogP contribution in [0.1, 0.15) is 0 Å². The Hall–Kier alpha value is -1.74. The normalized spacial score (nSPS) is 10.1. The molecule has 4 heteroatoms. The molecule has 0 heterocycles. The molecule has 0 atom stereocenters. The monoisotopic (exact) mass is 264 g/mol. The maximum atomic E-state index is 12.9. The zero-order valence-electron chi connectivity index (χ0n) is 9.79. The van der Waals surface area contributed by atoms with E-state index in [2.05, 4.69) is 10.6 Å². The summed E-state index contributed by atoms with van der Waals surface area (Å²) in [5, 5.41) is 6.58. The number of nitrogens with one attached hydrogen (secondary N) is 2. The fraction of sp³-hybridized carbons (Fsp3) is 0.143. The van der Waals surface area contributed by atoms with E-state index in [1.54, 1.807) is 12.1 Å². The average Bonchev–Trinajstić information content (AvgIpc) is 2.40. The van der Waals surface area contributed by atoms with Gasteiger partial charge in [0.15, 0.2) is 0 Å². The van der Waals surface area contributed by atoms with Gasteiger partial charge in [0.25, 0.3) is 0 Å². The molecular formula is C14H14ClFN2. The lowest BCUT2D eigenvalue weighted by molar-refractivity contribution is 0.628. The highest BCUT2D eigenvalue weighted by Crippen LogP contribution is 2.18. The number of benzene rings is 2. The van der Waals surface area contributed by atoms with E-state index in [0.717, 1.165) is 24.5 Å². The van der Waals surface area contributed by atoms with E-state index in [-0.39, 0.29) is 5.02 Å². The predicted molar refractivity (Wildman–Crippen MR) is 74.8 cm³/mol. The first kappa shape index (κ1) is 12.7. The molecule has 0 unspecified atom stereocenters. The molecule has 0 bridgehead atoms. The van der Waals surface area contributed by atoms with Gasteiger partial charge in [-0.3, -0.25) is 0 Å². The molecule has 94 valence electrons. The van der Waals surface area contributed by atoms with Crippen molar-refractivity contribution >= 4 is 23.0 Å². The van der Waals surface area contributed by atoms with Gasteiger partial charge in [0.1, 0.15) is 5.82 Å². The number of anilines is 2. The molecule has 2 aromatic carbocycles. The lowest BCUT2D eigenvalue weighted by Crippen LogP contribution is -2.13. The van der Waals surface area contributed by atoms with Gasteiger partial charge < -0.3 is 10.6 Å². The molecule has 18 heavy (non-hydrogen) atoms. The van der Waals surface area contributed by atoms with Gasteiger partial charge in [0.2, 0.25) is 0 Å². The molecule has 2 nitrogen and oxygen atoms in total. The second-order valence-electron chi connectivity index (χ2n) is 3.85. The second kappa shape index (κ2) is 6.26. The highest BCUT2D eigenvalue weighted by Gasteiger charge is 1.99. The van der Waals surface area contributed by atoms with E-state index in [1.807, 2.05) is 30.3 Å². The SMILES string of the molecule is Fc1ccc(NCCNc2ccccc2)cc1Cl. The summed E-state index contributed by atoms with van der Waals surface area (Å²) in [6, 6.07) is 14.6. The molecule has 0 aliphatic carbocycles. The van der Waals surface area contributed by atoms with Crippen molar-refractivity contribution in [3.63, 3.8) is 0 Å². The Morgan fingerprint density at radius 2 is 1.56 bits per heavy atom. The number of para-hydroxylation sites is 1. The Labute approximate surface area is 111 Å². The van der Waals surface area contributed by atoms with E-state index in [4.69, 9.17) is 11.6 Å². The van der Waals surface area contributed by atoms with Crippen LogP contribution >= 0.6 is 11.6 Å². The smallest absolute Gasteiger partial charge is 0.141 e. The molecule has 0 radical (unpaired) electrons. The first-order valence-electron chi connectivity index (χ1n) is 5.73. The Bertz CT molecular complexity index is 502. The van der Waals surface area contributed by atoms with Crippen molar-refractivity contribution in [3.8, 4) is 0 Å². The van der Waals surface area contributed by atoms with Gasteiger partial charge in [-0.1, -0.05) is 29.8 Å². The van der Waals surface area contributed by atoms with Gasteiger partial charge in [0.05, 0.1) is 5.02 Å². The summed E-state index contributed by atoms with van der Waals surface area (Å²) >= 11 is 5.69. The quantitative estimate of drug-likeness (QED) is 0.798. The third kappa shape index (κ3) is 3.64. The summed E-state index contributed by atoms with van der Waals surface area (Å²) in [5.41, 5.74) is 1.90. The predicted octanol–water partition coefficient (Wildman–Crippen LogP) is 4.00. The molecule has 0 saturated heterocycles. The van der Waals surface area contributed by atoms with Crippen LogP contribution in [0.15, 0.2) is 48.5 Å². The van der Waals surface area contributed by atoms with Crippen molar-refractivity contribution in [1.82, 2.24) is 0 Å². The first-order valence-corrected chi connectivity index (χ1v) is 6.11. The summed E-state index contributed by atoms with van der Waals surface area (Å²) in [4.78, 5) is 0. The highest BCUT2D eigenvalue weighted by molar-refractivity contribution is 6.31. The average molecular weight is 265 g/mol. The van der Waals surface area contributed by atoms with Gasteiger partial charge in [-0.25, -0.2) is 4.39 Å². The van der Waals surface area contributed by atoms with E-state index in [0.29, 0.717) is 0 Å². The minimum atomic E-state index is -0.398. The molecule has 0 fully saturated rings. The molecule has 0 spiro atoms. The lowest BCUT2D eigenvalue weighted by atomic mass is 10.3. The minimum Gasteiger partial charge on any atom is -0.383 e. The molecule has 0 aliphatic rings. The van der Waals surface area contributed by atoms with Crippen LogP contribution in [-0.2, 0) is 0 Å². The molecule has 0 saturated carbocycles. The second-order valence-corrected chi connectivity index (χ2v) is 4.26. The largest absolute Gasteiger partial charge is 0.383 e. The Kier molecular flexibility index (Phi) is 4.42. The van der Waals surface area contributed by atoms with Gasteiger partial charge >= 0.3 is 0 Å². The van der Waals surface area contributed by atoms with Crippen molar-refractivity contribution in [1.29, 1.82) is 0 Å². The Balaban J connectivity index is 1.77. The number of halogens is 2. The van der Waals surface area contributed by atoms with Crippen LogP contribution in [0.2, 0.25) is 5.02 Å². The summed E-state index contributed by atoms with van der Waals surface area (Å²) < 4.78 is 12.9. The van der Waals surface area contributed by atoms with Crippen molar-refractivity contribution < 1.29 is 4.39 Å². The van der Waals surface area contributed by atoms with Gasteiger partial charge in [-0.05, 0) is 30.3 Å². The van der Waals surface area contributed by atoms with E-state index >= 15 is 0 Å². The third-order valence-corrected chi connectivity index (χ3v) is 2.77. The van der Waals surface area contributed by atoms with Crippen LogP contribution in [0.5, 0.6) is 0 Å². The summed E-state index contributed by atoms with van der Waals surface area (Å²) in [7, 11) is 0.